The number of sulfone groups is 1. The molecule has 0 spiro atoms. The summed E-state index contributed by atoms with van der Waals surface area (Å²) in [7, 11) is -2.89. The predicted octanol–water partition coefficient (Wildman–Crippen LogP) is 0.859. The summed E-state index contributed by atoms with van der Waals surface area (Å²) in [5.74, 6) is 0. The third-order valence-corrected chi connectivity index (χ3v) is 4.01. The van der Waals surface area contributed by atoms with Gasteiger partial charge in [-0.3, -0.25) is 0 Å². The van der Waals surface area contributed by atoms with Crippen LogP contribution in [-0.4, -0.2) is 26.5 Å². The second kappa shape index (κ2) is 4.24. The molecule has 4 heteroatoms. The summed E-state index contributed by atoms with van der Waals surface area (Å²) in [5, 5.41) is -0.223. The van der Waals surface area contributed by atoms with E-state index in [4.69, 9.17) is 5.73 Å². The summed E-state index contributed by atoms with van der Waals surface area (Å²) in [4.78, 5) is 0. The molecule has 0 aromatic rings. The SMILES string of the molecule is CS(=O)(=O)C1CCCC1=CCCN. The van der Waals surface area contributed by atoms with Crippen LogP contribution >= 0.6 is 0 Å². The molecule has 1 aliphatic carbocycles. The molecule has 1 aliphatic rings. The van der Waals surface area contributed by atoms with Gasteiger partial charge in [-0.05, 0) is 32.2 Å². The summed E-state index contributed by atoms with van der Waals surface area (Å²) in [6, 6.07) is 0. The van der Waals surface area contributed by atoms with E-state index in [1.807, 2.05) is 6.08 Å². The summed E-state index contributed by atoms with van der Waals surface area (Å²) in [5.41, 5.74) is 6.44. The van der Waals surface area contributed by atoms with Crippen LogP contribution in [0, 0.1) is 0 Å². The quantitative estimate of drug-likeness (QED) is 0.692. The molecule has 1 rings (SSSR count). The standard InChI is InChI=1S/C9H17NO2S/c1-13(11,12)9-6-2-4-8(9)5-3-7-10/h5,9H,2-4,6-7,10H2,1H3. The molecule has 1 fully saturated rings. The maximum Gasteiger partial charge on any atom is 0.154 e. The number of hydrogen-bond acceptors (Lipinski definition) is 3. The van der Waals surface area contributed by atoms with Crippen LogP contribution < -0.4 is 5.73 Å². The van der Waals surface area contributed by atoms with Crippen molar-refractivity contribution < 1.29 is 8.42 Å². The van der Waals surface area contributed by atoms with E-state index in [1.165, 1.54) is 6.26 Å². The van der Waals surface area contributed by atoms with Crippen molar-refractivity contribution >= 4 is 9.84 Å². The molecular weight excluding hydrogens is 186 g/mol. The maximum absolute atomic E-state index is 11.3. The van der Waals surface area contributed by atoms with E-state index in [0.29, 0.717) is 6.54 Å². The average Bonchev–Trinajstić information content (AvgIpc) is 2.47. The Morgan fingerprint density at radius 3 is 2.85 bits per heavy atom. The van der Waals surface area contributed by atoms with Crippen LogP contribution in [0.5, 0.6) is 0 Å². The van der Waals surface area contributed by atoms with Crippen molar-refractivity contribution in [1.29, 1.82) is 0 Å². The Bertz CT molecular complexity index is 293. The lowest BCUT2D eigenvalue weighted by Crippen LogP contribution is -2.17. The summed E-state index contributed by atoms with van der Waals surface area (Å²) in [6.45, 7) is 0.597. The lowest BCUT2D eigenvalue weighted by molar-refractivity contribution is 0.592. The molecule has 76 valence electrons. The van der Waals surface area contributed by atoms with Gasteiger partial charge in [0.2, 0.25) is 0 Å². The first kappa shape index (κ1) is 10.7. The van der Waals surface area contributed by atoms with Crippen molar-refractivity contribution in [2.75, 3.05) is 12.8 Å². The van der Waals surface area contributed by atoms with Gasteiger partial charge in [0.1, 0.15) is 0 Å². The number of hydrogen-bond donors (Lipinski definition) is 1. The molecule has 0 heterocycles. The van der Waals surface area contributed by atoms with Crippen molar-refractivity contribution in [1.82, 2.24) is 0 Å². The normalized spacial score (nSPS) is 26.9. The van der Waals surface area contributed by atoms with Crippen molar-refractivity contribution in [2.45, 2.75) is 30.9 Å². The first-order valence-electron chi connectivity index (χ1n) is 4.63. The third-order valence-electron chi connectivity index (χ3n) is 2.44. The summed E-state index contributed by atoms with van der Waals surface area (Å²) < 4.78 is 22.7. The fourth-order valence-corrected chi connectivity index (χ4v) is 3.19. The molecule has 3 nitrogen and oxygen atoms in total. The lowest BCUT2D eigenvalue weighted by atomic mass is 10.2. The largest absolute Gasteiger partial charge is 0.330 e. The smallest absolute Gasteiger partial charge is 0.154 e. The zero-order valence-corrected chi connectivity index (χ0v) is 8.81. The summed E-state index contributed by atoms with van der Waals surface area (Å²) in [6.07, 6.45) is 6.82. The molecule has 1 unspecified atom stereocenters. The first-order valence-corrected chi connectivity index (χ1v) is 6.59. The molecule has 0 saturated heterocycles. The van der Waals surface area contributed by atoms with Gasteiger partial charge in [0.15, 0.2) is 9.84 Å². The fourth-order valence-electron chi connectivity index (χ4n) is 1.83. The Morgan fingerprint density at radius 1 is 1.62 bits per heavy atom. The van der Waals surface area contributed by atoms with Crippen molar-refractivity contribution in [3.8, 4) is 0 Å². The van der Waals surface area contributed by atoms with E-state index in [9.17, 15) is 8.42 Å². The molecule has 0 bridgehead atoms. The summed E-state index contributed by atoms with van der Waals surface area (Å²) >= 11 is 0. The van der Waals surface area contributed by atoms with Gasteiger partial charge in [0.05, 0.1) is 5.25 Å². The van der Waals surface area contributed by atoms with Gasteiger partial charge in [-0.15, -0.1) is 0 Å². The highest BCUT2D eigenvalue weighted by atomic mass is 32.2. The van der Waals surface area contributed by atoms with Gasteiger partial charge >= 0.3 is 0 Å². The highest BCUT2D eigenvalue weighted by Gasteiger charge is 2.28. The van der Waals surface area contributed by atoms with Crippen LogP contribution in [0.4, 0.5) is 0 Å². The monoisotopic (exact) mass is 203 g/mol. The molecular formula is C9H17NO2S. The Morgan fingerprint density at radius 2 is 2.31 bits per heavy atom. The Balaban J connectivity index is 2.76. The molecule has 2 N–H and O–H groups in total. The van der Waals surface area contributed by atoms with Crippen LogP contribution in [0.2, 0.25) is 0 Å². The second-order valence-corrected chi connectivity index (χ2v) is 5.79. The van der Waals surface area contributed by atoms with Crippen LogP contribution in [0.15, 0.2) is 11.6 Å². The molecule has 0 radical (unpaired) electrons. The maximum atomic E-state index is 11.3. The molecule has 0 amide bonds. The first-order chi connectivity index (χ1) is 6.05. The zero-order chi connectivity index (χ0) is 9.90. The third kappa shape index (κ3) is 2.81. The highest BCUT2D eigenvalue weighted by molar-refractivity contribution is 7.91. The van der Waals surface area contributed by atoms with Crippen molar-refractivity contribution in [2.24, 2.45) is 5.73 Å². The molecule has 1 saturated carbocycles. The zero-order valence-electron chi connectivity index (χ0n) is 7.99. The van der Waals surface area contributed by atoms with Gasteiger partial charge in [0.25, 0.3) is 0 Å². The molecule has 0 aliphatic heterocycles. The fraction of sp³-hybridized carbons (Fsp3) is 0.778. The van der Waals surface area contributed by atoms with Crippen LogP contribution in [0.1, 0.15) is 25.7 Å². The predicted molar refractivity (Wildman–Crippen MR) is 54.2 cm³/mol. The minimum absolute atomic E-state index is 0.223. The van der Waals surface area contributed by atoms with E-state index >= 15 is 0 Å². The van der Waals surface area contributed by atoms with Gasteiger partial charge in [0, 0.05) is 6.26 Å². The van der Waals surface area contributed by atoms with Crippen LogP contribution in [-0.2, 0) is 9.84 Å². The van der Waals surface area contributed by atoms with Crippen LogP contribution in [0.25, 0.3) is 0 Å². The molecule has 0 aromatic carbocycles. The molecule has 1 atom stereocenters. The molecule has 13 heavy (non-hydrogen) atoms. The highest BCUT2D eigenvalue weighted by Crippen LogP contribution is 2.30. The Labute approximate surface area is 79.9 Å². The van der Waals surface area contributed by atoms with E-state index < -0.39 is 9.84 Å². The van der Waals surface area contributed by atoms with E-state index in [0.717, 1.165) is 31.3 Å². The lowest BCUT2D eigenvalue weighted by Gasteiger charge is -2.09. The van der Waals surface area contributed by atoms with Gasteiger partial charge < -0.3 is 5.73 Å². The van der Waals surface area contributed by atoms with E-state index in [2.05, 4.69) is 0 Å². The minimum Gasteiger partial charge on any atom is -0.330 e. The van der Waals surface area contributed by atoms with E-state index in [1.54, 1.807) is 0 Å². The average molecular weight is 203 g/mol. The number of rotatable bonds is 3. The van der Waals surface area contributed by atoms with Crippen molar-refractivity contribution in [3.05, 3.63) is 11.6 Å². The van der Waals surface area contributed by atoms with Crippen LogP contribution in [0.3, 0.4) is 0 Å². The second-order valence-electron chi connectivity index (χ2n) is 3.57. The minimum atomic E-state index is -2.89. The van der Waals surface area contributed by atoms with Gasteiger partial charge in [-0.1, -0.05) is 11.6 Å². The Hall–Kier alpha value is -0.350. The van der Waals surface area contributed by atoms with E-state index in [-0.39, 0.29) is 5.25 Å². The Kier molecular flexibility index (Phi) is 3.50. The topological polar surface area (TPSA) is 60.2 Å². The van der Waals surface area contributed by atoms with Gasteiger partial charge in [-0.2, -0.15) is 0 Å². The molecule has 0 aromatic heterocycles. The van der Waals surface area contributed by atoms with Gasteiger partial charge in [-0.25, -0.2) is 8.42 Å². The number of nitrogens with two attached hydrogens (primary N) is 1. The van der Waals surface area contributed by atoms with Crippen molar-refractivity contribution in [3.63, 3.8) is 0 Å².